The van der Waals surface area contributed by atoms with E-state index in [0.29, 0.717) is 23.7 Å². The Bertz CT molecular complexity index is 441. The smallest absolute Gasteiger partial charge is 0.188 e. The number of carbonyl (C=O) groups is 1. The van der Waals surface area contributed by atoms with Crippen molar-refractivity contribution in [1.82, 2.24) is 0 Å². The van der Waals surface area contributed by atoms with Crippen LogP contribution in [0.4, 0.5) is 0 Å². The summed E-state index contributed by atoms with van der Waals surface area (Å²) in [4.78, 5) is 11.8. The van der Waals surface area contributed by atoms with Crippen LogP contribution in [-0.2, 0) is 9.47 Å². The van der Waals surface area contributed by atoms with E-state index in [1.807, 2.05) is 6.07 Å². The topological polar surface area (TPSA) is 59.3 Å². The molecule has 1 aromatic carbocycles. The summed E-state index contributed by atoms with van der Waals surface area (Å²) in [6.07, 6.45) is 1.01. The van der Waals surface area contributed by atoms with E-state index >= 15 is 0 Å². The lowest BCUT2D eigenvalue weighted by Crippen LogP contribution is -2.15. The number of ether oxygens (including phenoxy) is 2. The molecule has 0 radical (unpaired) electrons. The molecule has 0 saturated carbocycles. The molecule has 94 valence electrons. The van der Waals surface area contributed by atoms with Gasteiger partial charge in [0.2, 0.25) is 0 Å². The van der Waals surface area contributed by atoms with Gasteiger partial charge in [0, 0.05) is 18.1 Å². The Hall–Kier alpha value is -1.70. The van der Waals surface area contributed by atoms with Crippen molar-refractivity contribution in [2.24, 2.45) is 5.92 Å². The highest BCUT2D eigenvalue weighted by molar-refractivity contribution is 5.97. The second kappa shape index (κ2) is 6.29. The molecule has 18 heavy (non-hydrogen) atoms. The Morgan fingerprint density at radius 2 is 2.22 bits per heavy atom. The van der Waals surface area contributed by atoms with Crippen LogP contribution in [0.25, 0.3) is 0 Å². The maximum atomic E-state index is 11.8. The molecule has 2 rings (SSSR count). The minimum absolute atomic E-state index is 0.0570. The number of benzene rings is 1. The fraction of sp³-hybridized carbons (Fsp3) is 0.429. The minimum Gasteiger partial charge on any atom is -0.381 e. The molecule has 1 saturated heterocycles. The summed E-state index contributed by atoms with van der Waals surface area (Å²) in [5.41, 5.74) is 1.13. The molecule has 0 amide bonds. The van der Waals surface area contributed by atoms with Gasteiger partial charge < -0.3 is 9.47 Å². The second-order valence-corrected chi connectivity index (χ2v) is 4.36. The van der Waals surface area contributed by atoms with Crippen molar-refractivity contribution >= 4 is 5.78 Å². The number of hydrogen-bond acceptors (Lipinski definition) is 4. The highest BCUT2D eigenvalue weighted by Gasteiger charge is 2.16. The molecule has 0 aliphatic carbocycles. The largest absolute Gasteiger partial charge is 0.381 e. The predicted molar refractivity (Wildman–Crippen MR) is 65.2 cm³/mol. The Morgan fingerprint density at radius 3 is 2.83 bits per heavy atom. The van der Waals surface area contributed by atoms with Crippen LogP contribution in [0.1, 0.15) is 22.3 Å². The minimum atomic E-state index is -0.0570. The van der Waals surface area contributed by atoms with Crippen molar-refractivity contribution in [3.05, 3.63) is 35.4 Å². The molecule has 0 bridgehead atoms. The van der Waals surface area contributed by atoms with Crippen LogP contribution >= 0.6 is 0 Å². The van der Waals surface area contributed by atoms with Crippen LogP contribution in [0.2, 0.25) is 0 Å². The average Bonchev–Trinajstić information content (AvgIpc) is 2.92. The van der Waals surface area contributed by atoms with Gasteiger partial charge in [0.05, 0.1) is 24.8 Å². The average molecular weight is 245 g/mol. The number of carbonyl (C=O) groups excluding carboxylic acids is 1. The van der Waals surface area contributed by atoms with Crippen LogP contribution in [0.15, 0.2) is 24.3 Å². The SMILES string of the molecule is N#Cc1ccc(C(=O)COCC2CCOC2)cc1. The third kappa shape index (κ3) is 3.39. The highest BCUT2D eigenvalue weighted by Crippen LogP contribution is 2.12. The molecule has 1 unspecified atom stereocenters. The van der Waals surface area contributed by atoms with Gasteiger partial charge >= 0.3 is 0 Å². The lowest BCUT2D eigenvalue weighted by molar-refractivity contribution is 0.0652. The summed E-state index contributed by atoms with van der Waals surface area (Å²) in [6.45, 7) is 2.17. The van der Waals surface area contributed by atoms with Gasteiger partial charge in [0.1, 0.15) is 6.61 Å². The molecular weight excluding hydrogens is 230 g/mol. The van der Waals surface area contributed by atoms with Crippen LogP contribution in [-0.4, -0.2) is 32.2 Å². The number of nitriles is 1. The molecule has 1 heterocycles. The Labute approximate surface area is 106 Å². The van der Waals surface area contributed by atoms with E-state index in [0.717, 1.165) is 19.6 Å². The summed E-state index contributed by atoms with van der Waals surface area (Å²) in [6, 6.07) is 8.60. The van der Waals surface area contributed by atoms with E-state index in [9.17, 15) is 4.79 Å². The quantitative estimate of drug-likeness (QED) is 0.742. The van der Waals surface area contributed by atoms with Crippen molar-refractivity contribution in [3.8, 4) is 6.07 Å². The van der Waals surface area contributed by atoms with Gasteiger partial charge in [-0.1, -0.05) is 12.1 Å². The molecule has 1 aliphatic rings. The first-order valence-electron chi connectivity index (χ1n) is 5.98. The third-order valence-corrected chi connectivity index (χ3v) is 2.95. The first-order chi connectivity index (χ1) is 8.79. The van der Waals surface area contributed by atoms with Crippen molar-refractivity contribution in [3.63, 3.8) is 0 Å². The number of Topliss-reactive ketones (excluding diaryl/α,β-unsaturated/α-hetero) is 1. The second-order valence-electron chi connectivity index (χ2n) is 4.36. The molecule has 0 spiro atoms. The molecule has 1 fully saturated rings. The Kier molecular flexibility index (Phi) is 4.46. The van der Waals surface area contributed by atoms with Crippen LogP contribution in [0, 0.1) is 17.2 Å². The summed E-state index contributed by atoms with van der Waals surface area (Å²) in [7, 11) is 0. The normalized spacial score (nSPS) is 18.5. The zero-order valence-electron chi connectivity index (χ0n) is 10.1. The van der Waals surface area contributed by atoms with Gasteiger partial charge in [-0.15, -0.1) is 0 Å². The predicted octanol–water partition coefficient (Wildman–Crippen LogP) is 1.79. The van der Waals surface area contributed by atoms with Gasteiger partial charge in [-0.2, -0.15) is 5.26 Å². The monoisotopic (exact) mass is 245 g/mol. The van der Waals surface area contributed by atoms with Gasteiger partial charge in [-0.25, -0.2) is 0 Å². The fourth-order valence-corrected chi connectivity index (χ4v) is 1.85. The fourth-order valence-electron chi connectivity index (χ4n) is 1.85. The van der Waals surface area contributed by atoms with Gasteiger partial charge in [0.25, 0.3) is 0 Å². The first-order valence-corrected chi connectivity index (χ1v) is 5.98. The molecular formula is C14H15NO3. The number of hydrogen-bond donors (Lipinski definition) is 0. The van der Waals surface area contributed by atoms with Gasteiger partial charge in [0.15, 0.2) is 5.78 Å². The maximum absolute atomic E-state index is 11.8. The summed E-state index contributed by atoms with van der Waals surface area (Å²) in [5, 5.41) is 8.66. The van der Waals surface area contributed by atoms with E-state index in [1.165, 1.54) is 0 Å². The van der Waals surface area contributed by atoms with Crippen molar-refractivity contribution in [1.29, 1.82) is 5.26 Å². The van der Waals surface area contributed by atoms with Crippen molar-refractivity contribution in [2.75, 3.05) is 26.4 Å². The van der Waals surface area contributed by atoms with Crippen LogP contribution in [0.5, 0.6) is 0 Å². The van der Waals surface area contributed by atoms with E-state index in [2.05, 4.69) is 0 Å². The molecule has 4 nitrogen and oxygen atoms in total. The summed E-state index contributed by atoms with van der Waals surface area (Å²) in [5.74, 6) is 0.358. The summed E-state index contributed by atoms with van der Waals surface area (Å²) < 4.78 is 10.6. The molecule has 4 heteroatoms. The molecule has 1 atom stereocenters. The molecule has 1 aliphatic heterocycles. The van der Waals surface area contributed by atoms with Crippen LogP contribution < -0.4 is 0 Å². The van der Waals surface area contributed by atoms with Gasteiger partial charge in [-0.05, 0) is 18.6 Å². The lowest BCUT2D eigenvalue weighted by Gasteiger charge is -2.08. The van der Waals surface area contributed by atoms with E-state index in [-0.39, 0.29) is 12.4 Å². The third-order valence-electron chi connectivity index (χ3n) is 2.95. The van der Waals surface area contributed by atoms with Gasteiger partial charge in [-0.3, -0.25) is 4.79 Å². The Balaban J connectivity index is 1.78. The first kappa shape index (κ1) is 12.7. The maximum Gasteiger partial charge on any atom is 0.188 e. The zero-order valence-corrected chi connectivity index (χ0v) is 10.1. The number of ketones is 1. The zero-order chi connectivity index (χ0) is 12.8. The Morgan fingerprint density at radius 1 is 1.44 bits per heavy atom. The molecule has 0 aromatic heterocycles. The molecule has 1 aromatic rings. The van der Waals surface area contributed by atoms with E-state index < -0.39 is 0 Å². The van der Waals surface area contributed by atoms with Crippen molar-refractivity contribution < 1.29 is 14.3 Å². The van der Waals surface area contributed by atoms with E-state index in [1.54, 1.807) is 24.3 Å². The lowest BCUT2D eigenvalue weighted by atomic mass is 10.1. The highest BCUT2D eigenvalue weighted by atomic mass is 16.5. The number of nitrogens with zero attached hydrogens (tertiary/aromatic N) is 1. The van der Waals surface area contributed by atoms with E-state index in [4.69, 9.17) is 14.7 Å². The van der Waals surface area contributed by atoms with Crippen molar-refractivity contribution in [2.45, 2.75) is 6.42 Å². The van der Waals surface area contributed by atoms with Crippen LogP contribution in [0.3, 0.4) is 0 Å². The summed E-state index contributed by atoms with van der Waals surface area (Å²) >= 11 is 0. The molecule has 0 N–H and O–H groups in total. The standard InChI is InChI=1S/C14H15NO3/c15-7-11-1-3-13(4-2-11)14(16)10-18-9-12-5-6-17-8-12/h1-4,12H,5-6,8-10H2. The number of rotatable bonds is 5.